The molecule has 22 heavy (non-hydrogen) atoms. The zero-order chi connectivity index (χ0) is 14.8. The third kappa shape index (κ3) is 1.68. The van der Waals surface area contributed by atoms with Gasteiger partial charge in [-0.25, -0.2) is 0 Å². The van der Waals surface area contributed by atoms with Crippen LogP contribution in [0.5, 0.6) is 0 Å². The predicted octanol–water partition coefficient (Wildman–Crippen LogP) is 3.32. The van der Waals surface area contributed by atoms with Crippen molar-refractivity contribution in [3.05, 3.63) is 17.7 Å². The minimum Gasteiger partial charge on any atom is -0.308 e. The van der Waals surface area contributed by atoms with Gasteiger partial charge in [0, 0.05) is 24.7 Å². The molecule has 0 aromatic carbocycles. The number of nitrogens with zero attached hydrogens (tertiary/aromatic N) is 5. The molecule has 2 atom stereocenters. The Labute approximate surface area is 130 Å². The Morgan fingerprint density at radius 3 is 2.55 bits per heavy atom. The highest BCUT2D eigenvalue weighted by Crippen LogP contribution is 2.54. The zero-order valence-corrected chi connectivity index (χ0v) is 13.4. The minimum atomic E-state index is 0.612. The molecule has 2 fully saturated rings. The summed E-state index contributed by atoms with van der Waals surface area (Å²) in [6, 6.07) is 0.612. The van der Waals surface area contributed by atoms with Gasteiger partial charge in [-0.3, -0.25) is 4.68 Å². The van der Waals surface area contributed by atoms with Crippen LogP contribution in [0, 0.1) is 18.8 Å². The fourth-order valence-corrected chi connectivity index (χ4v) is 5.26. The lowest BCUT2D eigenvalue weighted by atomic mass is 9.68. The van der Waals surface area contributed by atoms with Gasteiger partial charge in [0.1, 0.15) is 5.82 Å². The Balaban J connectivity index is 1.67. The van der Waals surface area contributed by atoms with E-state index in [1.165, 1.54) is 43.5 Å². The summed E-state index contributed by atoms with van der Waals surface area (Å²) in [6.45, 7) is 5.11. The number of rotatable bonds is 2. The second-order valence-electron chi connectivity index (χ2n) is 7.50. The van der Waals surface area contributed by atoms with Crippen molar-refractivity contribution in [1.82, 2.24) is 24.5 Å². The summed E-state index contributed by atoms with van der Waals surface area (Å²) in [5, 5.41) is 13.8. The second-order valence-corrected chi connectivity index (χ2v) is 7.50. The van der Waals surface area contributed by atoms with Crippen molar-refractivity contribution >= 4 is 0 Å². The van der Waals surface area contributed by atoms with Crippen LogP contribution < -0.4 is 0 Å². The quantitative estimate of drug-likeness (QED) is 0.854. The summed E-state index contributed by atoms with van der Waals surface area (Å²) in [6.07, 6.45) is 8.91. The Morgan fingerprint density at radius 2 is 1.86 bits per heavy atom. The first-order chi connectivity index (χ1) is 10.7. The molecule has 4 heterocycles. The Morgan fingerprint density at radius 1 is 1.09 bits per heavy atom. The molecule has 2 aromatic heterocycles. The van der Waals surface area contributed by atoms with Crippen LogP contribution in [-0.2, 0) is 6.54 Å². The largest absolute Gasteiger partial charge is 0.308 e. The highest BCUT2D eigenvalue weighted by molar-refractivity contribution is 5.58. The molecule has 0 amide bonds. The Kier molecular flexibility index (Phi) is 2.59. The van der Waals surface area contributed by atoms with E-state index < -0.39 is 0 Å². The maximum Gasteiger partial charge on any atom is 0.167 e. The number of hydrogen-bond acceptors (Lipinski definition) is 3. The first-order valence-corrected chi connectivity index (χ1v) is 8.72. The van der Waals surface area contributed by atoms with Crippen molar-refractivity contribution in [1.29, 1.82) is 0 Å². The molecule has 0 N–H and O–H groups in total. The smallest absolute Gasteiger partial charge is 0.167 e. The molecule has 0 spiro atoms. The van der Waals surface area contributed by atoms with Crippen molar-refractivity contribution < 1.29 is 0 Å². The topological polar surface area (TPSA) is 48.5 Å². The van der Waals surface area contributed by atoms with E-state index in [4.69, 9.17) is 0 Å². The average Bonchev–Trinajstić information content (AvgIpc) is 3.04. The maximum absolute atomic E-state index is 4.64. The summed E-state index contributed by atoms with van der Waals surface area (Å²) in [5.74, 6) is 4.78. The third-order valence-corrected chi connectivity index (χ3v) is 6.08. The van der Waals surface area contributed by atoms with Crippen molar-refractivity contribution in [2.75, 3.05) is 0 Å². The van der Waals surface area contributed by atoms with Crippen LogP contribution in [0.2, 0.25) is 0 Å². The van der Waals surface area contributed by atoms with E-state index in [1.807, 2.05) is 4.68 Å². The molecule has 2 saturated carbocycles. The molecule has 2 aromatic rings. The number of hydrogen-bond donors (Lipinski definition) is 0. The molecule has 6 rings (SSSR count). The lowest BCUT2D eigenvalue weighted by Gasteiger charge is -2.38. The van der Waals surface area contributed by atoms with Crippen molar-refractivity contribution in [3.63, 3.8) is 0 Å². The van der Waals surface area contributed by atoms with E-state index in [0.29, 0.717) is 12.0 Å². The predicted molar refractivity (Wildman–Crippen MR) is 83.5 cm³/mol. The van der Waals surface area contributed by atoms with Gasteiger partial charge in [-0.1, -0.05) is 0 Å². The molecule has 0 radical (unpaired) electrons. The van der Waals surface area contributed by atoms with Gasteiger partial charge in [-0.15, -0.1) is 10.2 Å². The Hall–Kier alpha value is -1.65. The minimum absolute atomic E-state index is 0.612. The molecule has 2 unspecified atom stereocenters. The number of aryl methyl sites for hydroxylation is 2. The molecule has 2 aliphatic carbocycles. The van der Waals surface area contributed by atoms with Gasteiger partial charge in [-0.2, -0.15) is 5.10 Å². The molecule has 5 nitrogen and oxygen atoms in total. The highest BCUT2D eigenvalue weighted by Gasteiger charge is 2.44. The van der Waals surface area contributed by atoms with Crippen LogP contribution in [-0.4, -0.2) is 24.5 Å². The number of aromatic nitrogens is 5. The van der Waals surface area contributed by atoms with Gasteiger partial charge in [0.15, 0.2) is 5.82 Å². The lowest BCUT2D eigenvalue weighted by Crippen LogP contribution is -2.27. The molecule has 4 aliphatic rings. The zero-order valence-electron chi connectivity index (χ0n) is 13.4. The standard InChI is InChI=1S/C17H23N5/c1-3-21-9-15(10(2)20-21)17-19-18-16-13-5-11-4-12(6-13)8-14(7-11)22(16)17/h9,11-14H,3-8H2,1-2H3. The van der Waals surface area contributed by atoms with Gasteiger partial charge in [0.25, 0.3) is 0 Å². The van der Waals surface area contributed by atoms with E-state index in [0.717, 1.165) is 29.9 Å². The van der Waals surface area contributed by atoms with Crippen LogP contribution in [0.1, 0.15) is 62.5 Å². The molecule has 4 bridgehead atoms. The van der Waals surface area contributed by atoms with Gasteiger partial charge in [0.05, 0.1) is 11.3 Å². The SMILES string of the molecule is CCn1cc(-c2nnc3n2C2CC4CC(CC3C4)C2)c(C)n1. The maximum atomic E-state index is 4.64. The average molecular weight is 297 g/mol. The summed E-state index contributed by atoms with van der Waals surface area (Å²) >= 11 is 0. The van der Waals surface area contributed by atoms with E-state index >= 15 is 0 Å². The first kappa shape index (κ1) is 12.9. The van der Waals surface area contributed by atoms with Crippen LogP contribution in [0.4, 0.5) is 0 Å². The normalized spacial score (nSPS) is 32.3. The van der Waals surface area contributed by atoms with Gasteiger partial charge >= 0.3 is 0 Å². The monoisotopic (exact) mass is 297 g/mol. The van der Waals surface area contributed by atoms with Crippen molar-refractivity contribution in [3.8, 4) is 11.4 Å². The van der Waals surface area contributed by atoms with E-state index in [-0.39, 0.29) is 0 Å². The molecule has 0 saturated heterocycles. The summed E-state index contributed by atoms with van der Waals surface area (Å²) in [4.78, 5) is 0. The molecular formula is C17H23N5. The molecule has 5 heteroatoms. The Bertz CT molecular complexity index is 713. The van der Waals surface area contributed by atoms with Crippen LogP contribution in [0.25, 0.3) is 11.4 Å². The highest BCUT2D eigenvalue weighted by atomic mass is 15.3. The summed E-state index contributed by atoms with van der Waals surface area (Å²) in [5.41, 5.74) is 2.24. The van der Waals surface area contributed by atoms with Crippen molar-refractivity contribution in [2.24, 2.45) is 11.8 Å². The fraction of sp³-hybridized carbons (Fsp3) is 0.706. The first-order valence-electron chi connectivity index (χ1n) is 8.72. The summed E-state index contributed by atoms with van der Waals surface area (Å²) < 4.78 is 4.50. The van der Waals surface area contributed by atoms with Gasteiger partial charge < -0.3 is 4.57 Å². The van der Waals surface area contributed by atoms with Crippen LogP contribution in [0.3, 0.4) is 0 Å². The van der Waals surface area contributed by atoms with Crippen LogP contribution >= 0.6 is 0 Å². The van der Waals surface area contributed by atoms with Crippen molar-refractivity contribution in [2.45, 2.75) is 64.5 Å². The fourth-order valence-electron chi connectivity index (χ4n) is 5.26. The van der Waals surface area contributed by atoms with E-state index in [2.05, 4.69) is 39.9 Å². The van der Waals surface area contributed by atoms with Gasteiger partial charge in [-0.05, 0) is 57.8 Å². The van der Waals surface area contributed by atoms with Crippen LogP contribution in [0.15, 0.2) is 6.20 Å². The molecular weight excluding hydrogens is 274 g/mol. The van der Waals surface area contributed by atoms with E-state index in [1.54, 1.807) is 0 Å². The van der Waals surface area contributed by atoms with E-state index in [9.17, 15) is 0 Å². The third-order valence-electron chi connectivity index (χ3n) is 6.08. The molecule has 2 aliphatic heterocycles. The molecule has 116 valence electrons. The lowest BCUT2D eigenvalue weighted by molar-refractivity contribution is 0.150. The second kappa shape index (κ2) is 4.43. The summed E-state index contributed by atoms with van der Waals surface area (Å²) in [7, 11) is 0. The van der Waals surface area contributed by atoms with Gasteiger partial charge in [0.2, 0.25) is 0 Å².